The van der Waals surface area contributed by atoms with E-state index in [2.05, 4.69) is 16.5 Å². The number of benzene rings is 2. The van der Waals surface area contributed by atoms with Crippen LogP contribution in [0.5, 0.6) is 0 Å². The zero-order valence-electron chi connectivity index (χ0n) is 14.4. The Balaban J connectivity index is 1.86. The average molecular weight is 395 g/mol. The summed E-state index contributed by atoms with van der Waals surface area (Å²) in [5, 5.41) is 17.9. The van der Waals surface area contributed by atoms with E-state index < -0.39 is 0 Å². The highest BCUT2D eigenvalue weighted by Gasteiger charge is 2.19. The number of hydrogen-bond donors (Lipinski definition) is 1. The van der Waals surface area contributed by atoms with Gasteiger partial charge in [0, 0.05) is 11.1 Å². The SMILES string of the molecule is CSc1c(C#N)c(NC(=O)/C=C/c2ccc(Cl)cc2)nn1-c1ccccc1. The first-order valence-corrected chi connectivity index (χ1v) is 9.60. The van der Waals surface area contributed by atoms with Crippen molar-refractivity contribution in [2.45, 2.75) is 5.03 Å². The van der Waals surface area contributed by atoms with Gasteiger partial charge in [0.15, 0.2) is 5.82 Å². The van der Waals surface area contributed by atoms with Crippen molar-refractivity contribution >= 4 is 41.2 Å². The molecule has 27 heavy (non-hydrogen) atoms. The molecule has 0 aliphatic heterocycles. The summed E-state index contributed by atoms with van der Waals surface area (Å²) in [6.45, 7) is 0. The fourth-order valence-electron chi connectivity index (χ4n) is 2.43. The number of nitrogens with zero attached hydrogens (tertiary/aromatic N) is 3. The molecule has 0 unspecified atom stereocenters. The van der Waals surface area contributed by atoms with Crippen LogP contribution >= 0.6 is 23.4 Å². The largest absolute Gasteiger partial charge is 0.304 e. The molecular formula is C20H15ClN4OS. The standard InChI is InChI=1S/C20H15ClN4OS/c1-27-20-17(13-22)19(24-25(20)16-5-3-2-4-6-16)23-18(26)12-9-14-7-10-15(21)11-8-14/h2-12H,1H3,(H,23,24,26)/b12-9+. The molecule has 1 N–H and O–H groups in total. The number of para-hydroxylation sites is 1. The lowest BCUT2D eigenvalue weighted by Crippen LogP contribution is -2.09. The van der Waals surface area contributed by atoms with E-state index in [0.717, 1.165) is 11.3 Å². The maximum Gasteiger partial charge on any atom is 0.249 e. The predicted octanol–water partition coefficient (Wildman–Crippen LogP) is 4.77. The minimum atomic E-state index is -0.369. The van der Waals surface area contributed by atoms with E-state index in [9.17, 15) is 10.1 Å². The highest BCUT2D eigenvalue weighted by molar-refractivity contribution is 7.98. The Bertz CT molecular complexity index is 1020. The Morgan fingerprint density at radius 2 is 1.93 bits per heavy atom. The molecule has 1 amide bonds. The summed E-state index contributed by atoms with van der Waals surface area (Å²) in [6.07, 6.45) is 4.93. The Morgan fingerprint density at radius 1 is 1.22 bits per heavy atom. The molecule has 0 spiro atoms. The van der Waals surface area contributed by atoms with Gasteiger partial charge in [-0.05, 0) is 42.2 Å². The number of anilines is 1. The first kappa shape index (κ1) is 18.8. The number of nitriles is 1. The van der Waals surface area contributed by atoms with Crippen LogP contribution in [0.25, 0.3) is 11.8 Å². The van der Waals surface area contributed by atoms with E-state index in [1.165, 1.54) is 17.8 Å². The summed E-state index contributed by atoms with van der Waals surface area (Å²) in [5.74, 6) is -0.136. The van der Waals surface area contributed by atoms with Crippen molar-refractivity contribution in [1.29, 1.82) is 5.26 Å². The van der Waals surface area contributed by atoms with E-state index in [4.69, 9.17) is 11.6 Å². The number of rotatable bonds is 5. The summed E-state index contributed by atoms with van der Waals surface area (Å²) in [6, 6.07) is 18.7. The van der Waals surface area contributed by atoms with Crippen LogP contribution in [-0.2, 0) is 4.79 Å². The zero-order chi connectivity index (χ0) is 19.2. The molecule has 5 nitrogen and oxygen atoms in total. The van der Waals surface area contributed by atoms with Crippen LogP contribution in [-0.4, -0.2) is 21.9 Å². The van der Waals surface area contributed by atoms with Gasteiger partial charge >= 0.3 is 0 Å². The van der Waals surface area contributed by atoms with E-state index in [-0.39, 0.29) is 11.7 Å². The number of amides is 1. The van der Waals surface area contributed by atoms with Gasteiger partial charge in [-0.15, -0.1) is 16.9 Å². The van der Waals surface area contributed by atoms with Gasteiger partial charge < -0.3 is 5.32 Å². The van der Waals surface area contributed by atoms with Crippen molar-refractivity contribution in [3.05, 3.63) is 76.8 Å². The van der Waals surface area contributed by atoms with Crippen molar-refractivity contribution in [3.63, 3.8) is 0 Å². The maximum absolute atomic E-state index is 12.3. The lowest BCUT2D eigenvalue weighted by atomic mass is 10.2. The minimum Gasteiger partial charge on any atom is -0.304 e. The van der Waals surface area contributed by atoms with E-state index in [0.29, 0.717) is 15.6 Å². The molecular weight excluding hydrogens is 380 g/mol. The highest BCUT2D eigenvalue weighted by Crippen LogP contribution is 2.29. The summed E-state index contributed by atoms with van der Waals surface area (Å²) in [4.78, 5) is 12.3. The van der Waals surface area contributed by atoms with E-state index >= 15 is 0 Å². The maximum atomic E-state index is 12.3. The normalized spacial score (nSPS) is 10.7. The van der Waals surface area contributed by atoms with Crippen LogP contribution < -0.4 is 5.32 Å². The van der Waals surface area contributed by atoms with Crippen molar-refractivity contribution in [2.75, 3.05) is 11.6 Å². The monoisotopic (exact) mass is 394 g/mol. The highest BCUT2D eigenvalue weighted by atomic mass is 35.5. The van der Waals surface area contributed by atoms with Crippen LogP contribution in [0.15, 0.2) is 65.7 Å². The third kappa shape index (κ3) is 4.40. The lowest BCUT2D eigenvalue weighted by Gasteiger charge is -2.04. The molecule has 0 radical (unpaired) electrons. The van der Waals surface area contributed by atoms with Gasteiger partial charge in [-0.25, -0.2) is 4.68 Å². The van der Waals surface area contributed by atoms with Crippen LogP contribution in [0.1, 0.15) is 11.1 Å². The summed E-state index contributed by atoms with van der Waals surface area (Å²) < 4.78 is 1.65. The first-order valence-electron chi connectivity index (χ1n) is 7.99. The molecule has 1 aromatic heterocycles. The molecule has 7 heteroatoms. The molecule has 134 valence electrons. The molecule has 3 rings (SSSR count). The van der Waals surface area contributed by atoms with Gasteiger partial charge in [0.2, 0.25) is 5.91 Å². The zero-order valence-corrected chi connectivity index (χ0v) is 16.0. The second-order valence-electron chi connectivity index (χ2n) is 5.47. The van der Waals surface area contributed by atoms with Gasteiger partial charge in [0.25, 0.3) is 0 Å². The van der Waals surface area contributed by atoms with Crippen LogP contribution in [0, 0.1) is 11.3 Å². The van der Waals surface area contributed by atoms with Gasteiger partial charge in [-0.3, -0.25) is 4.79 Å². The van der Waals surface area contributed by atoms with Crippen LogP contribution in [0.4, 0.5) is 5.82 Å². The molecule has 0 fully saturated rings. The summed E-state index contributed by atoms with van der Waals surface area (Å²) in [5.41, 5.74) is 1.99. The third-order valence-electron chi connectivity index (χ3n) is 3.69. The number of carbonyl (C=O) groups excluding carboxylic acids is 1. The topological polar surface area (TPSA) is 70.7 Å². The molecule has 0 aliphatic carbocycles. The number of nitrogens with one attached hydrogen (secondary N) is 1. The number of hydrogen-bond acceptors (Lipinski definition) is 4. The van der Waals surface area contributed by atoms with Crippen molar-refractivity contribution in [1.82, 2.24) is 9.78 Å². The summed E-state index contributed by atoms with van der Waals surface area (Å²) >= 11 is 7.25. The summed E-state index contributed by atoms with van der Waals surface area (Å²) in [7, 11) is 0. The smallest absolute Gasteiger partial charge is 0.249 e. The fourth-order valence-corrected chi connectivity index (χ4v) is 3.22. The number of carbonyl (C=O) groups is 1. The molecule has 0 aliphatic rings. The van der Waals surface area contributed by atoms with Crippen molar-refractivity contribution in [3.8, 4) is 11.8 Å². The Labute approximate surface area is 166 Å². The average Bonchev–Trinajstić information content (AvgIpc) is 3.05. The van der Waals surface area contributed by atoms with Gasteiger partial charge in [0.05, 0.1) is 5.69 Å². The Morgan fingerprint density at radius 3 is 2.56 bits per heavy atom. The second-order valence-corrected chi connectivity index (χ2v) is 6.70. The van der Waals surface area contributed by atoms with Gasteiger partial charge in [-0.1, -0.05) is 41.9 Å². The van der Waals surface area contributed by atoms with Crippen molar-refractivity contribution < 1.29 is 4.79 Å². The number of aromatic nitrogens is 2. The van der Waals surface area contributed by atoms with Crippen LogP contribution in [0.2, 0.25) is 5.02 Å². The Hall–Kier alpha value is -3.01. The van der Waals surface area contributed by atoms with Gasteiger partial charge in [0.1, 0.15) is 16.7 Å². The molecule has 3 aromatic rings. The third-order valence-corrected chi connectivity index (χ3v) is 4.70. The molecule has 0 saturated carbocycles. The molecule has 2 aromatic carbocycles. The lowest BCUT2D eigenvalue weighted by molar-refractivity contribution is -0.111. The first-order chi connectivity index (χ1) is 13.1. The van der Waals surface area contributed by atoms with Crippen molar-refractivity contribution in [2.24, 2.45) is 0 Å². The minimum absolute atomic E-state index is 0.233. The Kier molecular flexibility index (Phi) is 5.97. The predicted molar refractivity (Wildman–Crippen MR) is 109 cm³/mol. The van der Waals surface area contributed by atoms with E-state index in [1.54, 1.807) is 22.9 Å². The molecule has 0 atom stereocenters. The molecule has 0 bridgehead atoms. The van der Waals surface area contributed by atoms with Gasteiger partial charge in [-0.2, -0.15) is 5.26 Å². The number of thioether (sulfide) groups is 1. The molecule has 0 saturated heterocycles. The second kappa shape index (κ2) is 8.58. The quantitative estimate of drug-likeness (QED) is 0.499. The molecule has 1 heterocycles. The van der Waals surface area contributed by atoms with E-state index in [1.807, 2.05) is 48.7 Å². The fraction of sp³-hybridized carbons (Fsp3) is 0.0500. The van der Waals surface area contributed by atoms with Crippen LogP contribution in [0.3, 0.4) is 0 Å². The number of halogens is 1.